The first-order chi connectivity index (χ1) is 8.76. The van der Waals surface area contributed by atoms with Crippen molar-refractivity contribution in [3.63, 3.8) is 0 Å². The second-order valence-electron chi connectivity index (χ2n) is 4.43. The van der Waals surface area contributed by atoms with Gasteiger partial charge in [0.25, 0.3) is 0 Å². The summed E-state index contributed by atoms with van der Waals surface area (Å²) in [5.74, 6) is 0. The van der Waals surface area contributed by atoms with E-state index in [1.165, 1.54) is 36.2 Å². The third-order valence-corrected chi connectivity index (χ3v) is 3.37. The van der Waals surface area contributed by atoms with Crippen molar-refractivity contribution in [3.8, 4) is 0 Å². The summed E-state index contributed by atoms with van der Waals surface area (Å²) in [5, 5.41) is 0. The lowest BCUT2D eigenvalue weighted by atomic mass is 10.2. The number of halogens is 4. The van der Waals surface area contributed by atoms with Crippen molar-refractivity contribution in [3.05, 3.63) is 35.9 Å². The number of rotatable bonds is 5. The first-order valence-corrected chi connectivity index (χ1v) is 6.52. The number of nitrogens with zero attached hydrogens (tertiary/aromatic N) is 1. The van der Waals surface area contributed by atoms with Crippen LogP contribution < -0.4 is 6.15 Å². The Hall–Kier alpha value is -1.08. The Balaban J connectivity index is 0. The standard InChI is InChI=1S/C13H22N.BF4.H3N/c1-4-14(5-2,6-3)12-13-10-8-7-9-11-13;2-1(3,4)5;/h7-11H,4-6,12H2,1-3H3;;1H3/q+1;-1;. The molecule has 0 aliphatic carbocycles. The predicted molar refractivity (Wildman–Crippen MR) is 77.2 cm³/mol. The van der Waals surface area contributed by atoms with Crippen LogP contribution in [0.2, 0.25) is 0 Å². The zero-order chi connectivity index (χ0) is 14.9. The van der Waals surface area contributed by atoms with Crippen LogP contribution in [-0.4, -0.2) is 31.4 Å². The topological polar surface area (TPSA) is 35.0 Å². The van der Waals surface area contributed by atoms with E-state index in [1.54, 1.807) is 0 Å². The predicted octanol–water partition coefficient (Wildman–Crippen LogP) is 4.53. The fourth-order valence-corrected chi connectivity index (χ4v) is 1.98. The van der Waals surface area contributed by atoms with Crippen LogP contribution in [0, 0.1) is 0 Å². The molecule has 118 valence electrons. The molecule has 3 N–H and O–H groups in total. The molecule has 0 unspecified atom stereocenters. The molecule has 0 aliphatic heterocycles. The third-order valence-electron chi connectivity index (χ3n) is 3.37. The van der Waals surface area contributed by atoms with Gasteiger partial charge in [0.05, 0.1) is 19.6 Å². The second kappa shape index (κ2) is 9.77. The highest BCUT2D eigenvalue weighted by atomic mass is 19.5. The number of benzene rings is 1. The van der Waals surface area contributed by atoms with Crippen LogP contribution >= 0.6 is 0 Å². The maximum absolute atomic E-state index is 9.75. The Kier molecular flexibility index (Phi) is 10.4. The number of hydrogen-bond acceptors (Lipinski definition) is 1. The lowest BCUT2D eigenvalue weighted by Crippen LogP contribution is -2.46. The lowest BCUT2D eigenvalue weighted by molar-refractivity contribution is -0.936. The molecule has 0 spiro atoms. The van der Waals surface area contributed by atoms with Crippen LogP contribution in [0.4, 0.5) is 17.3 Å². The largest absolute Gasteiger partial charge is 0.673 e. The van der Waals surface area contributed by atoms with Gasteiger partial charge in [-0.3, -0.25) is 0 Å². The van der Waals surface area contributed by atoms with Gasteiger partial charge in [0, 0.05) is 5.56 Å². The Morgan fingerprint density at radius 3 is 1.50 bits per heavy atom. The van der Waals surface area contributed by atoms with Crippen molar-refractivity contribution in [2.45, 2.75) is 27.3 Å². The summed E-state index contributed by atoms with van der Waals surface area (Å²) >= 11 is 0. The average molecular weight is 296 g/mol. The van der Waals surface area contributed by atoms with E-state index in [-0.39, 0.29) is 6.15 Å². The molecule has 0 saturated heterocycles. The maximum atomic E-state index is 9.75. The number of quaternary nitrogens is 1. The fourth-order valence-electron chi connectivity index (χ4n) is 1.98. The van der Waals surface area contributed by atoms with E-state index < -0.39 is 7.25 Å². The van der Waals surface area contributed by atoms with Gasteiger partial charge in [0.2, 0.25) is 0 Å². The molecule has 2 nitrogen and oxygen atoms in total. The Morgan fingerprint density at radius 2 is 1.20 bits per heavy atom. The monoisotopic (exact) mass is 296 g/mol. The van der Waals surface area contributed by atoms with E-state index in [4.69, 9.17) is 0 Å². The van der Waals surface area contributed by atoms with Crippen molar-refractivity contribution in [1.29, 1.82) is 0 Å². The highest BCUT2D eigenvalue weighted by Gasteiger charge is 2.21. The summed E-state index contributed by atoms with van der Waals surface area (Å²) in [4.78, 5) is 0. The number of hydrogen-bond donors (Lipinski definition) is 1. The van der Waals surface area contributed by atoms with Crippen LogP contribution in [0.15, 0.2) is 30.3 Å². The molecule has 7 heteroatoms. The van der Waals surface area contributed by atoms with Gasteiger partial charge in [-0.25, -0.2) is 0 Å². The minimum Gasteiger partial charge on any atom is -0.418 e. The van der Waals surface area contributed by atoms with Crippen molar-refractivity contribution in [1.82, 2.24) is 6.15 Å². The summed E-state index contributed by atoms with van der Waals surface area (Å²) in [6.07, 6.45) is 0. The Morgan fingerprint density at radius 1 is 0.850 bits per heavy atom. The zero-order valence-corrected chi connectivity index (χ0v) is 12.5. The Bertz CT molecular complexity index is 326. The second-order valence-corrected chi connectivity index (χ2v) is 4.43. The molecule has 0 radical (unpaired) electrons. The molecule has 0 aliphatic rings. The summed E-state index contributed by atoms with van der Waals surface area (Å²) in [6.45, 7) is 11.7. The molecular formula is C13H25BF4N2. The van der Waals surface area contributed by atoms with Crippen LogP contribution in [0.25, 0.3) is 0 Å². The zero-order valence-electron chi connectivity index (χ0n) is 12.5. The molecule has 1 rings (SSSR count). The van der Waals surface area contributed by atoms with Gasteiger partial charge in [-0.2, -0.15) is 0 Å². The molecule has 0 bridgehead atoms. The van der Waals surface area contributed by atoms with Gasteiger partial charge in [0.15, 0.2) is 0 Å². The first kappa shape index (κ1) is 21.2. The van der Waals surface area contributed by atoms with Gasteiger partial charge in [-0.1, -0.05) is 30.3 Å². The first-order valence-electron chi connectivity index (χ1n) is 6.52. The van der Waals surface area contributed by atoms with Crippen molar-refractivity contribution >= 4 is 7.25 Å². The van der Waals surface area contributed by atoms with E-state index in [1.807, 2.05) is 0 Å². The molecule has 0 aromatic heterocycles. The summed E-state index contributed by atoms with van der Waals surface area (Å²) in [6, 6.07) is 10.8. The highest BCUT2D eigenvalue weighted by Crippen LogP contribution is 2.13. The van der Waals surface area contributed by atoms with Crippen molar-refractivity contribution in [2.24, 2.45) is 0 Å². The van der Waals surface area contributed by atoms with Gasteiger partial charge >= 0.3 is 7.25 Å². The van der Waals surface area contributed by atoms with Gasteiger partial charge in [0.1, 0.15) is 6.54 Å². The van der Waals surface area contributed by atoms with Crippen molar-refractivity contribution in [2.75, 3.05) is 19.6 Å². The van der Waals surface area contributed by atoms with Crippen molar-refractivity contribution < 1.29 is 21.7 Å². The van der Waals surface area contributed by atoms with E-state index in [9.17, 15) is 17.3 Å². The minimum absolute atomic E-state index is 0. The van der Waals surface area contributed by atoms with E-state index in [0.29, 0.717) is 0 Å². The normalized spacial score (nSPS) is 11.2. The smallest absolute Gasteiger partial charge is 0.418 e. The van der Waals surface area contributed by atoms with E-state index in [0.717, 1.165) is 0 Å². The minimum atomic E-state index is -6.00. The van der Waals surface area contributed by atoms with Crippen LogP contribution in [0.3, 0.4) is 0 Å². The molecule has 20 heavy (non-hydrogen) atoms. The molecule has 0 saturated carbocycles. The van der Waals surface area contributed by atoms with E-state index in [2.05, 4.69) is 51.1 Å². The summed E-state index contributed by atoms with van der Waals surface area (Å²) < 4.78 is 40.2. The van der Waals surface area contributed by atoms with E-state index >= 15 is 0 Å². The molecule has 0 heterocycles. The average Bonchev–Trinajstić information content (AvgIpc) is 2.35. The third kappa shape index (κ3) is 9.80. The molecular weight excluding hydrogens is 271 g/mol. The molecule has 0 fully saturated rings. The fraction of sp³-hybridized carbons (Fsp3) is 0.538. The Labute approximate surface area is 119 Å². The summed E-state index contributed by atoms with van der Waals surface area (Å²) in [7, 11) is -6.00. The molecule has 0 amide bonds. The summed E-state index contributed by atoms with van der Waals surface area (Å²) in [5.41, 5.74) is 1.46. The van der Waals surface area contributed by atoms with Crippen LogP contribution in [0.5, 0.6) is 0 Å². The molecule has 0 atom stereocenters. The highest BCUT2D eigenvalue weighted by molar-refractivity contribution is 6.50. The maximum Gasteiger partial charge on any atom is 0.673 e. The van der Waals surface area contributed by atoms with Gasteiger partial charge in [-0.15, -0.1) is 0 Å². The van der Waals surface area contributed by atoms with Gasteiger partial charge in [-0.05, 0) is 20.8 Å². The molecule has 1 aromatic rings. The molecule has 1 aromatic carbocycles. The lowest BCUT2D eigenvalue weighted by Gasteiger charge is -2.35. The SMILES string of the molecule is CC[N+](CC)(CC)Cc1ccccc1.F[B-](F)(F)F.N. The van der Waals surface area contributed by atoms with Crippen LogP contribution in [0.1, 0.15) is 26.3 Å². The quantitative estimate of drug-likeness (QED) is 0.484. The van der Waals surface area contributed by atoms with Gasteiger partial charge < -0.3 is 27.9 Å². The van der Waals surface area contributed by atoms with Crippen LogP contribution in [-0.2, 0) is 6.54 Å².